The third-order valence-corrected chi connectivity index (χ3v) is 5.30. The fraction of sp³-hybridized carbons (Fsp3) is 0.294. The first-order valence-electron chi connectivity index (χ1n) is 7.81. The Morgan fingerprint density at radius 3 is 2.76 bits per heavy atom. The van der Waals surface area contributed by atoms with Crippen molar-refractivity contribution in [3.05, 3.63) is 60.8 Å². The van der Waals surface area contributed by atoms with Crippen LogP contribution in [0.2, 0.25) is 0 Å². The first-order chi connectivity index (χ1) is 12.0. The number of aryl methyl sites for hydroxylation is 1. The number of nitro groups is 1. The third kappa shape index (κ3) is 3.53. The van der Waals surface area contributed by atoms with E-state index >= 15 is 0 Å². The van der Waals surface area contributed by atoms with Crippen molar-refractivity contribution in [3.8, 4) is 0 Å². The molecule has 2 N–H and O–H groups in total. The summed E-state index contributed by atoms with van der Waals surface area (Å²) < 4.78 is 5.28. The zero-order valence-corrected chi connectivity index (χ0v) is 14.1. The number of primary amides is 1. The molecule has 0 bridgehead atoms. The number of esters is 1. The van der Waals surface area contributed by atoms with Gasteiger partial charge in [0.1, 0.15) is 6.61 Å². The number of ether oxygens (including phenoxy) is 1. The molecule has 1 aromatic carbocycles. The Bertz CT molecular complexity index is 859. The second-order valence-electron chi connectivity index (χ2n) is 5.80. The Kier molecular flexibility index (Phi) is 4.80. The second-order valence-corrected chi connectivity index (χ2v) is 6.76. The lowest BCUT2D eigenvalue weighted by molar-refractivity contribution is -0.385. The Hall–Kier alpha value is -2.74. The molecule has 1 heterocycles. The maximum atomic E-state index is 12.3. The quantitative estimate of drug-likeness (QED) is 0.500. The summed E-state index contributed by atoms with van der Waals surface area (Å²) in [6, 6.07) is 3.86. The average molecular weight is 360 g/mol. The Labute approximate surface area is 147 Å². The molecule has 0 saturated carbocycles. The molecular weight excluding hydrogens is 344 g/mol. The largest absolute Gasteiger partial charge is 0.457 e. The van der Waals surface area contributed by atoms with Crippen LogP contribution < -0.4 is 5.73 Å². The molecule has 1 aliphatic rings. The molecule has 1 aliphatic carbocycles. The van der Waals surface area contributed by atoms with Crippen molar-refractivity contribution in [1.82, 2.24) is 0 Å². The van der Waals surface area contributed by atoms with E-state index in [-0.39, 0.29) is 23.4 Å². The van der Waals surface area contributed by atoms with Gasteiger partial charge in [0.05, 0.1) is 16.1 Å². The molecule has 0 radical (unpaired) electrons. The van der Waals surface area contributed by atoms with E-state index in [4.69, 9.17) is 10.5 Å². The van der Waals surface area contributed by atoms with Crippen molar-refractivity contribution in [2.45, 2.75) is 32.3 Å². The highest BCUT2D eigenvalue weighted by atomic mass is 32.1. The number of thiophene rings is 1. The molecular formula is C17H16N2O5S. The van der Waals surface area contributed by atoms with Gasteiger partial charge in [-0.05, 0) is 43.4 Å². The van der Waals surface area contributed by atoms with E-state index in [1.165, 1.54) is 17.0 Å². The summed E-state index contributed by atoms with van der Waals surface area (Å²) in [6.45, 7) is -0.237. The van der Waals surface area contributed by atoms with Gasteiger partial charge in [0, 0.05) is 21.9 Å². The molecule has 3 rings (SSSR count). The Morgan fingerprint density at radius 2 is 2.04 bits per heavy atom. The molecule has 25 heavy (non-hydrogen) atoms. The lowest BCUT2D eigenvalue weighted by Crippen LogP contribution is -2.13. The molecule has 0 atom stereocenters. The number of nitro benzene ring substituents is 1. The van der Waals surface area contributed by atoms with Gasteiger partial charge in [0.25, 0.3) is 5.69 Å². The molecule has 130 valence electrons. The van der Waals surface area contributed by atoms with Crippen molar-refractivity contribution >= 4 is 28.9 Å². The molecule has 0 spiro atoms. The summed E-state index contributed by atoms with van der Waals surface area (Å²) >= 11 is 1.55. The van der Waals surface area contributed by atoms with E-state index in [0.717, 1.165) is 37.3 Å². The smallest absolute Gasteiger partial charge is 0.339 e. The fourth-order valence-corrected chi connectivity index (χ4v) is 4.01. The summed E-state index contributed by atoms with van der Waals surface area (Å²) in [5, 5.41) is 13.0. The van der Waals surface area contributed by atoms with E-state index in [9.17, 15) is 19.7 Å². The lowest BCUT2D eigenvalue weighted by Gasteiger charge is -2.12. The minimum atomic E-state index is -0.753. The summed E-state index contributed by atoms with van der Waals surface area (Å²) in [7, 11) is 0. The van der Waals surface area contributed by atoms with Gasteiger partial charge in [-0.3, -0.25) is 14.9 Å². The maximum Gasteiger partial charge on any atom is 0.339 e. The third-order valence-electron chi connectivity index (χ3n) is 4.21. The van der Waals surface area contributed by atoms with Crippen LogP contribution in [-0.2, 0) is 24.2 Å². The Balaban J connectivity index is 1.77. The maximum absolute atomic E-state index is 12.3. The van der Waals surface area contributed by atoms with Crippen molar-refractivity contribution in [2.75, 3.05) is 0 Å². The summed E-state index contributed by atoms with van der Waals surface area (Å²) in [4.78, 5) is 35.3. The van der Waals surface area contributed by atoms with Crippen LogP contribution in [0.3, 0.4) is 0 Å². The van der Waals surface area contributed by atoms with Crippen molar-refractivity contribution in [1.29, 1.82) is 0 Å². The number of carbonyl (C=O) groups is 2. The predicted molar refractivity (Wildman–Crippen MR) is 91.7 cm³/mol. The summed E-state index contributed by atoms with van der Waals surface area (Å²) in [5.74, 6) is -1.23. The fourth-order valence-electron chi connectivity index (χ4n) is 2.90. The highest BCUT2D eigenvalue weighted by Gasteiger charge is 2.23. The molecule has 0 fully saturated rings. The number of hydrogen-bond acceptors (Lipinski definition) is 6. The number of rotatable bonds is 5. The van der Waals surface area contributed by atoms with Crippen molar-refractivity contribution in [2.24, 2.45) is 5.73 Å². The van der Waals surface area contributed by atoms with Crippen LogP contribution in [0.1, 0.15) is 49.6 Å². The highest BCUT2D eigenvalue weighted by molar-refractivity contribution is 7.10. The van der Waals surface area contributed by atoms with Crippen LogP contribution in [0.25, 0.3) is 0 Å². The predicted octanol–water partition coefficient (Wildman–Crippen LogP) is 2.99. The highest BCUT2D eigenvalue weighted by Crippen LogP contribution is 2.31. The van der Waals surface area contributed by atoms with Crippen molar-refractivity contribution < 1.29 is 19.2 Å². The first-order valence-corrected chi connectivity index (χ1v) is 8.69. The normalized spacial score (nSPS) is 13.1. The van der Waals surface area contributed by atoms with E-state index < -0.39 is 16.8 Å². The second kappa shape index (κ2) is 7.02. The lowest BCUT2D eigenvalue weighted by atomic mass is 9.96. The zero-order valence-electron chi connectivity index (χ0n) is 13.3. The van der Waals surface area contributed by atoms with Gasteiger partial charge >= 0.3 is 5.97 Å². The van der Waals surface area contributed by atoms with E-state index in [1.807, 2.05) is 0 Å². The Morgan fingerprint density at radius 1 is 1.28 bits per heavy atom. The van der Waals surface area contributed by atoms with Crippen LogP contribution in [0, 0.1) is 10.1 Å². The van der Waals surface area contributed by atoms with Gasteiger partial charge < -0.3 is 10.5 Å². The van der Waals surface area contributed by atoms with Crippen LogP contribution in [0.4, 0.5) is 5.69 Å². The van der Waals surface area contributed by atoms with Crippen LogP contribution in [0.15, 0.2) is 23.6 Å². The number of fused-ring (bicyclic) bond motifs is 1. The molecule has 0 aliphatic heterocycles. The summed E-state index contributed by atoms with van der Waals surface area (Å²) in [6.07, 6.45) is 4.01. The van der Waals surface area contributed by atoms with E-state index in [1.54, 1.807) is 16.7 Å². The monoisotopic (exact) mass is 360 g/mol. The van der Waals surface area contributed by atoms with Crippen LogP contribution >= 0.6 is 11.3 Å². The number of nitrogens with zero attached hydrogens (tertiary/aromatic N) is 1. The van der Waals surface area contributed by atoms with Gasteiger partial charge in [-0.15, -0.1) is 11.3 Å². The van der Waals surface area contributed by atoms with Gasteiger partial charge in [0.2, 0.25) is 5.91 Å². The molecule has 0 saturated heterocycles. The molecule has 1 aromatic heterocycles. The number of nitrogens with two attached hydrogens (primary N) is 1. The van der Waals surface area contributed by atoms with Crippen molar-refractivity contribution in [3.63, 3.8) is 0 Å². The topological polar surface area (TPSA) is 113 Å². The standard InChI is InChI=1S/C17H16N2O5S/c18-16(20)10-5-6-11(14(7-10)19(22)23)8-24-17(21)13-9-25-15-4-2-1-3-12(13)15/h5-7,9H,1-4,8H2,(H2,18,20). The first kappa shape index (κ1) is 17.1. The minimum Gasteiger partial charge on any atom is -0.457 e. The SMILES string of the molecule is NC(=O)c1ccc(COC(=O)c2csc3c2CCCC3)c([N+](=O)[O-])c1. The number of hydrogen-bond donors (Lipinski definition) is 1. The summed E-state index contributed by atoms with van der Waals surface area (Å²) in [5.41, 5.74) is 6.69. The van der Waals surface area contributed by atoms with Gasteiger partial charge in [0.15, 0.2) is 0 Å². The molecule has 2 aromatic rings. The average Bonchev–Trinajstić information content (AvgIpc) is 3.03. The van der Waals surface area contributed by atoms with Gasteiger partial charge in [-0.2, -0.15) is 0 Å². The van der Waals surface area contributed by atoms with Crippen LogP contribution in [0.5, 0.6) is 0 Å². The molecule has 0 unspecified atom stereocenters. The number of benzene rings is 1. The van der Waals surface area contributed by atoms with Gasteiger partial charge in [-0.1, -0.05) is 0 Å². The minimum absolute atomic E-state index is 0.0358. The molecule has 1 amide bonds. The zero-order chi connectivity index (χ0) is 18.0. The molecule has 7 nitrogen and oxygen atoms in total. The number of carbonyl (C=O) groups excluding carboxylic acids is 2. The number of amides is 1. The van der Waals surface area contributed by atoms with Crippen LogP contribution in [-0.4, -0.2) is 16.8 Å². The van der Waals surface area contributed by atoms with Gasteiger partial charge in [-0.25, -0.2) is 4.79 Å². The van der Waals surface area contributed by atoms with E-state index in [2.05, 4.69) is 0 Å². The molecule has 8 heteroatoms. The van der Waals surface area contributed by atoms with E-state index in [0.29, 0.717) is 5.56 Å².